The maximum atomic E-state index is 10.9. The third-order valence-electron chi connectivity index (χ3n) is 3.09. The van der Waals surface area contributed by atoms with E-state index in [-0.39, 0.29) is 0 Å². The minimum absolute atomic E-state index is 0.699. The van der Waals surface area contributed by atoms with Crippen molar-refractivity contribution in [3.05, 3.63) is 35.5 Å². The van der Waals surface area contributed by atoms with E-state index in [0.29, 0.717) is 5.69 Å². The molecule has 0 bridgehead atoms. The van der Waals surface area contributed by atoms with Crippen LogP contribution in [-0.2, 0) is 7.05 Å². The van der Waals surface area contributed by atoms with Gasteiger partial charge in [-0.2, -0.15) is 0 Å². The molecule has 3 aromatic rings. The molecule has 0 saturated heterocycles. The molecule has 0 amide bonds. The summed E-state index contributed by atoms with van der Waals surface area (Å²) in [5, 5.41) is 1.17. The zero-order chi connectivity index (χ0) is 11.3. The van der Waals surface area contributed by atoms with Crippen molar-refractivity contribution in [2.45, 2.75) is 6.92 Å². The molecule has 3 heteroatoms. The van der Waals surface area contributed by atoms with Crippen LogP contribution in [0.5, 0.6) is 0 Å². The summed E-state index contributed by atoms with van der Waals surface area (Å²) in [6, 6.07) is 8.18. The summed E-state index contributed by atoms with van der Waals surface area (Å²) in [5.41, 5.74) is 5.15. The second kappa shape index (κ2) is 2.98. The Morgan fingerprint density at radius 1 is 1.25 bits per heavy atom. The number of fused-ring (bicyclic) bond motifs is 3. The van der Waals surface area contributed by atoms with E-state index in [4.69, 9.17) is 0 Å². The average molecular weight is 212 g/mol. The molecule has 1 N–H and O–H groups in total. The van der Waals surface area contributed by atoms with Crippen LogP contribution >= 0.6 is 0 Å². The second-order valence-corrected chi connectivity index (χ2v) is 4.18. The van der Waals surface area contributed by atoms with Crippen LogP contribution in [-0.4, -0.2) is 15.8 Å². The molecular weight excluding hydrogens is 200 g/mol. The quantitative estimate of drug-likeness (QED) is 0.619. The van der Waals surface area contributed by atoms with Crippen molar-refractivity contribution in [2.75, 3.05) is 0 Å². The molecule has 0 aliphatic carbocycles. The summed E-state index contributed by atoms with van der Waals surface area (Å²) in [7, 11) is 1.92. The molecule has 80 valence electrons. The highest BCUT2D eigenvalue weighted by Crippen LogP contribution is 2.27. The number of aryl methyl sites for hydroxylation is 2. The number of carbonyl (C=O) groups is 1. The van der Waals surface area contributed by atoms with E-state index in [1.807, 2.05) is 17.7 Å². The van der Waals surface area contributed by atoms with E-state index in [2.05, 4.69) is 30.1 Å². The topological polar surface area (TPSA) is 37.8 Å². The number of nitrogens with zero attached hydrogens (tertiary/aromatic N) is 1. The first-order chi connectivity index (χ1) is 7.70. The zero-order valence-corrected chi connectivity index (χ0v) is 9.24. The van der Waals surface area contributed by atoms with Crippen molar-refractivity contribution >= 4 is 28.2 Å². The van der Waals surface area contributed by atoms with Crippen LogP contribution in [0.25, 0.3) is 21.9 Å². The number of H-pyrrole nitrogens is 1. The zero-order valence-electron chi connectivity index (χ0n) is 9.24. The highest BCUT2D eigenvalue weighted by Gasteiger charge is 2.11. The van der Waals surface area contributed by atoms with Crippen LogP contribution in [0, 0.1) is 6.92 Å². The minimum Gasteiger partial charge on any atom is -0.353 e. The van der Waals surface area contributed by atoms with Gasteiger partial charge in [-0.3, -0.25) is 4.79 Å². The minimum atomic E-state index is 0.699. The first kappa shape index (κ1) is 9.21. The van der Waals surface area contributed by atoms with E-state index in [0.717, 1.165) is 22.8 Å². The van der Waals surface area contributed by atoms with Crippen LogP contribution in [0.1, 0.15) is 16.1 Å². The predicted molar refractivity (Wildman–Crippen MR) is 64.9 cm³/mol. The van der Waals surface area contributed by atoms with Gasteiger partial charge in [-0.1, -0.05) is 11.6 Å². The Labute approximate surface area is 92.7 Å². The monoisotopic (exact) mass is 212 g/mol. The number of benzene rings is 1. The number of rotatable bonds is 1. The highest BCUT2D eigenvalue weighted by molar-refractivity contribution is 6.07. The van der Waals surface area contributed by atoms with E-state index in [9.17, 15) is 4.79 Å². The third-order valence-corrected chi connectivity index (χ3v) is 3.09. The fraction of sp³-hybridized carbons (Fsp3) is 0.154. The fourth-order valence-electron chi connectivity index (χ4n) is 2.27. The van der Waals surface area contributed by atoms with Crippen molar-refractivity contribution in [1.29, 1.82) is 0 Å². The van der Waals surface area contributed by atoms with Crippen LogP contribution in [0.2, 0.25) is 0 Å². The van der Waals surface area contributed by atoms with Crippen molar-refractivity contribution < 1.29 is 4.79 Å². The van der Waals surface area contributed by atoms with Gasteiger partial charge in [0, 0.05) is 18.0 Å². The third kappa shape index (κ3) is 1.05. The Morgan fingerprint density at radius 2 is 2.06 bits per heavy atom. The molecule has 16 heavy (non-hydrogen) atoms. The molecule has 0 aliphatic heterocycles. The van der Waals surface area contributed by atoms with E-state index in [1.165, 1.54) is 10.9 Å². The molecule has 0 atom stereocenters. The first-order valence-electron chi connectivity index (χ1n) is 5.23. The number of aromatic amines is 1. The summed E-state index contributed by atoms with van der Waals surface area (Å²) in [6.45, 7) is 2.07. The number of hydrogen-bond acceptors (Lipinski definition) is 1. The van der Waals surface area contributed by atoms with Gasteiger partial charge in [0.2, 0.25) is 0 Å². The Balaban J connectivity index is 2.53. The molecule has 0 saturated carbocycles. The van der Waals surface area contributed by atoms with Crippen LogP contribution in [0.4, 0.5) is 0 Å². The van der Waals surface area contributed by atoms with Gasteiger partial charge in [0.15, 0.2) is 6.29 Å². The molecule has 3 nitrogen and oxygen atoms in total. The lowest BCUT2D eigenvalue weighted by Gasteiger charge is -1.98. The molecular formula is C13H12N2O. The molecule has 0 aliphatic rings. The number of hydrogen-bond donors (Lipinski definition) is 1. The van der Waals surface area contributed by atoms with Gasteiger partial charge < -0.3 is 9.55 Å². The maximum absolute atomic E-state index is 10.9. The molecule has 0 unspecified atom stereocenters. The maximum Gasteiger partial charge on any atom is 0.166 e. The van der Waals surface area contributed by atoms with Crippen LogP contribution in [0.3, 0.4) is 0 Å². The fourth-order valence-corrected chi connectivity index (χ4v) is 2.27. The SMILES string of the molecule is Cc1ccc2[nH]c3cc(C=O)n(C)c3c2c1. The molecule has 2 heterocycles. The summed E-state index contributed by atoms with van der Waals surface area (Å²) in [6.07, 6.45) is 0.884. The van der Waals surface area contributed by atoms with E-state index < -0.39 is 0 Å². The molecule has 1 aromatic carbocycles. The van der Waals surface area contributed by atoms with Crippen molar-refractivity contribution in [1.82, 2.24) is 9.55 Å². The summed E-state index contributed by atoms with van der Waals surface area (Å²) in [5.74, 6) is 0. The average Bonchev–Trinajstić information content (AvgIpc) is 2.76. The second-order valence-electron chi connectivity index (χ2n) is 4.18. The van der Waals surface area contributed by atoms with Gasteiger partial charge in [0.05, 0.1) is 16.7 Å². The summed E-state index contributed by atoms with van der Waals surface area (Å²) < 4.78 is 1.93. The Morgan fingerprint density at radius 3 is 2.81 bits per heavy atom. The molecule has 0 fully saturated rings. The lowest BCUT2D eigenvalue weighted by Crippen LogP contribution is -1.93. The normalized spacial score (nSPS) is 11.4. The van der Waals surface area contributed by atoms with E-state index in [1.54, 1.807) is 0 Å². The predicted octanol–water partition coefficient (Wildman–Crippen LogP) is 2.78. The first-order valence-corrected chi connectivity index (χ1v) is 5.23. The Bertz CT molecular complexity index is 703. The van der Waals surface area contributed by atoms with Crippen molar-refractivity contribution in [3.8, 4) is 0 Å². The Kier molecular flexibility index (Phi) is 1.72. The lowest BCUT2D eigenvalue weighted by atomic mass is 10.2. The van der Waals surface area contributed by atoms with Gasteiger partial charge in [-0.15, -0.1) is 0 Å². The smallest absolute Gasteiger partial charge is 0.166 e. The molecule has 3 rings (SSSR count). The number of carbonyl (C=O) groups excluding carboxylic acids is 1. The lowest BCUT2D eigenvalue weighted by molar-refractivity contribution is 0.111. The summed E-state index contributed by atoms with van der Waals surface area (Å²) in [4.78, 5) is 14.2. The highest BCUT2D eigenvalue weighted by atomic mass is 16.1. The van der Waals surface area contributed by atoms with Crippen molar-refractivity contribution in [3.63, 3.8) is 0 Å². The number of aldehydes is 1. The standard InChI is InChI=1S/C13H12N2O/c1-8-3-4-11-10(5-8)13-12(14-11)6-9(7-16)15(13)2/h3-7,14H,1-2H3. The number of nitrogens with one attached hydrogen (secondary N) is 1. The van der Waals surface area contributed by atoms with Crippen molar-refractivity contribution in [2.24, 2.45) is 7.05 Å². The van der Waals surface area contributed by atoms with Crippen LogP contribution in [0.15, 0.2) is 24.3 Å². The van der Waals surface area contributed by atoms with Gasteiger partial charge in [-0.05, 0) is 25.1 Å². The van der Waals surface area contributed by atoms with Gasteiger partial charge >= 0.3 is 0 Å². The van der Waals surface area contributed by atoms with Gasteiger partial charge in [0.25, 0.3) is 0 Å². The van der Waals surface area contributed by atoms with Gasteiger partial charge in [-0.25, -0.2) is 0 Å². The molecule has 0 spiro atoms. The van der Waals surface area contributed by atoms with Crippen LogP contribution < -0.4 is 0 Å². The van der Waals surface area contributed by atoms with E-state index >= 15 is 0 Å². The summed E-state index contributed by atoms with van der Waals surface area (Å²) >= 11 is 0. The molecule has 2 aromatic heterocycles. The molecule has 0 radical (unpaired) electrons. The Hall–Kier alpha value is -2.03. The number of aromatic nitrogens is 2. The van der Waals surface area contributed by atoms with Gasteiger partial charge in [0.1, 0.15) is 0 Å². The largest absolute Gasteiger partial charge is 0.353 e.